The van der Waals surface area contributed by atoms with Gasteiger partial charge in [-0.1, -0.05) is 6.07 Å². The quantitative estimate of drug-likeness (QED) is 0.917. The molecule has 1 aromatic carbocycles. The summed E-state index contributed by atoms with van der Waals surface area (Å²) in [5, 5.41) is 2.16. The van der Waals surface area contributed by atoms with Crippen molar-refractivity contribution in [2.75, 3.05) is 24.6 Å². The van der Waals surface area contributed by atoms with Gasteiger partial charge in [0, 0.05) is 29.7 Å². The van der Waals surface area contributed by atoms with Crippen molar-refractivity contribution in [2.45, 2.75) is 25.8 Å². The number of thiophene rings is 1. The van der Waals surface area contributed by atoms with Crippen LogP contribution in [0.3, 0.4) is 0 Å². The third-order valence-electron chi connectivity index (χ3n) is 4.15. The molecule has 118 valence electrons. The molecule has 0 amide bonds. The maximum atomic E-state index is 6.30. The molecule has 1 aromatic heterocycles. The van der Waals surface area contributed by atoms with Crippen LogP contribution >= 0.6 is 11.3 Å². The van der Waals surface area contributed by atoms with E-state index in [0.29, 0.717) is 12.5 Å². The van der Waals surface area contributed by atoms with E-state index >= 15 is 0 Å². The zero-order chi connectivity index (χ0) is 15.4. The minimum atomic E-state index is 0.255. The second-order valence-electron chi connectivity index (χ2n) is 5.98. The van der Waals surface area contributed by atoms with E-state index < -0.39 is 0 Å². The van der Waals surface area contributed by atoms with Crippen LogP contribution < -0.4 is 15.4 Å². The van der Waals surface area contributed by atoms with Gasteiger partial charge in [-0.05, 0) is 61.4 Å². The lowest BCUT2D eigenvalue weighted by molar-refractivity contribution is 0.340. The van der Waals surface area contributed by atoms with E-state index in [1.165, 1.54) is 10.6 Å². The highest BCUT2D eigenvalue weighted by Gasteiger charge is 2.25. The summed E-state index contributed by atoms with van der Waals surface area (Å²) >= 11 is 1.85. The maximum Gasteiger partial charge on any atom is 0.119 e. The van der Waals surface area contributed by atoms with Crippen LogP contribution in [0, 0.1) is 5.92 Å². The smallest absolute Gasteiger partial charge is 0.119 e. The summed E-state index contributed by atoms with van der Waals surface area (Å²) in [5.74, 6) is 1.57. The highest BCUT2D eigenvalue weighted by Crippen LogP contribution is 2.27. The van der Waals surface area contributed by atoms with Gasteiger partial charge in [0.15, 0.2) is 0 Å². The topological polar surface area (TPSA) is 38.5 Å². The zero-order valence-electron chi connectivity index (χ0n) is 13.1. The van der Waals surface area contributed by atoms with Crippen LogP contribution in [-0.4, -0.2) is 25.7 Å². The maximum absolute atomic E-state index is 6.30. The molecule has 1 saturated heterocycles. The van der Waals surface area contributed by atoms with Gasteiger partial charge in [-0.15, -0.1) is 11.3 Å². The first-order valence-electron chi connectivity index (χ1n) is 8.00. The Morgan fingerprint density at radius 2 is 2.05 bits per heavy atom. The molecule has 1 aliphatic heterocycles. The lowest BCUT2D eigenvalue weighted by Gasteiger charge is -2.37. The van der Waals surface area contributed by atoms with Gasteiger partial charge in [0.2, 0.25) is 0 Å². The van der Waals surface area contributed by atoms with Crippen molar-refractivity contribution in [2.24, 2.45) is 11.7 Å². The average Bonchev–Trinajstić information content (AvgIpc) is 3.01. The summed E-state index contributed by atoms with van der Waals surface area (Å²) in [6.07, 6.45) is 2.25. The summed E-state index contributed by atoms with van der Waals surface area (Å²) in [5.41, 5.74) is 7.54. The Balaban J connectivity index is 1.67. The molecule has 0 saturated carbocycles. The molecule has 2 heterocycles. The van der Waals surface area contributed by atoms with Crippen LogP contribution in [0.1, 0.15) is 18.2 Å². The molecule has 1 fully saturated rings. The van der Waals surface area contributed by atoms with Crippen molar-refractivity contribution >= 4 is 17.0 Å². The zero-order valence-corrected chi connectivity index (χ0v) is 13.9. The number of nitrogens with zero attached hydrogens (tertiary/aromatic N) is 1. The minimum absolute atomic E-state index is 0.255. The van der Waals surface area contributed by atoms with Gasteiger partial charge in [0.1, 0.15) is 5.75 Å². The molecule has 2 unspecified atom stereocenters. The summed E-state index contributed by atoms with van der Waals surface area (Å²) in [6, 6.07) is 13.0. The molecule has 0 aliphatic carbocycles. The van der Waals surface area contributed by atoms with Crippen LogP contribution in [0.25, 0.3) is 0 Å². The number of nitrogens with two attached hydrogens (primary N) is 1. The summed E-state index contributed by atoms with van der Waals surface area (Å²) in [7, 11) is 0. The normalized spacial score (nSPS) is 21.8. The fraction of sp³-hybridized carbons (Fsp3) is 0.444. The number of piperidine rings is 1. The molecule has 0 bridgehead atoms. The van der Waals surface area contributed by atoms with Crippen molar-refractivity contribution in [1.29, 1.82) is 0 Å². The molecule has 0 spiro atoms. The van der Waals surface area contributed by atoms with Crippen molar-refractivity contribution in [3.05, 3.63) is 46.7 Å². The molecule has 3 rings (SSSR count). The Morgan fingerprint density at radius 3 is 2.73 bits per heavy atom. The van der Waals surface area contributed by atoms with E-state index in [1.54, 1.807) is 0 Å². The van der Waals surface area contributed by atoms with E-state index in [9.17, 15) is 0 Å². The van der Waals surface area contributed by atoms with Gasteiger partial charge in [0.25, 0.3) is 0 Å². The van der Waals surface area contributed by atoms with Gasteiger partial charge in [-0.2, -0.15) is 0 Å². The fourth-order valence-electron chi connectivity index (χ4n) is 3.24. The number of rotatable bonds is 5. The third kappa shape index (κ3) is 3.81. The minimum Gasteiger partial charge on any atom is -0.494 e. The van der Waals surface area contributed by atoms with Crippen LogP contribution in [0.4, 0.5) is 5.69 Å². The Bertz CT molecular complexity index is 567. The van der Waals surface area contributed by atoms with Gasteiger partial charge in [-0.3, -0.25) is 0 Å². The standard InChI is InChI=1S/C18H24N2OS/c1-2-21-17-7-5-16(6-8-17)20-12-14(10-15(19)13-20)11-18-4-3-9-22-18/h3-9,14-15H,2,10-13,19H2,1H3. The van der Waals surface area contributed by atoms with Crippen molar-refractivity contribution in [3.8, 4) is 5.75 Å². The molecule has 2 aromatic rings. The van der Waals surface area contributed by atoms with E-state index in [-0.39, 0.29) is 6.04 Å². The molecule has 0 radical (unpaired) electrons. The number of hydrogen-bond donors (Lipinski definition) is 1. The molecular formula is C18H24N2OS. The molecule has 2 N–H and O–H groups in total. The first kappa shape index (κ1) is 15.4. The van der Waals surface area contributed by atoms with Crippen molar-refractivity contribution in [3.63, 3.8) is 0 Å². The molecule has 22 heavy (non-hydrogen) atoms. The Hall–Kier alpha value is -1.52. The SMILES string of the molecule is CCOc1ccc(N2CC(N)CC(Cc3cccs3)C2)cc1. The second kappa shape index (κ2) is 7.16. The second-order valence-corrected chi connectivity index (χ2v) is 7.01. The Kier molecular flexibility index (Phi) is 5.01. The van der Waals surface area contributed by atoms with Crippen LogP contribution in [-0.2, 0) is 6.42 Å². The third-order valence-corrected chi connectivity index (χ3v) is 5.05. The monoisotopic (exact) mass is 316 g/mol. The molecule has 2 atom stereocenters. The van der Waals surface area contributed by atoms with Gasteiger partial charge in [-0.25, -0.2) is 0 Å². The van der Waals surface area contributed by atoms with Crippen LogP contribution in [0.5, 0.6) is 5.75 Å². The number of ether oxygens (including phenoxy) is 1. The predicted octanol–water partition coefficient (Wildman–Crippen LogP) is 3.54. The van der Waals surface area contributed by atoms with Gasteiger partial charge >= 0.3 is 0 Å². The Labute approximate surface area is 136 Å². The van der Waals surface area contributed by atoms with E-state index in [0.717, 1.165) is 31.7 Å². The Morgan fingerprint density at radius 1 is 1.23 bits per heavy atom. The largest absolute Gasteiger partial charge is 0.494 e. The number of benzene rings is 1. The summed E-state index contributed by atoms with van der Waals surface area (Å²) in [6.45, 7) is 4.73. The number of hydrogen-bond acceptors (Lipinski definition) is 4. The van der Waals surface area contributed by atoms with E-state index in [2.05, 4.69) is 34.5 Å². The van der Waals surface area contributed by atoms with E-state index in [4.69, 9.17) is 10.5 Å². The molecular weight excluding hydrogens is 292 g/mol. The predicted molar refractivity (Wildman–Crippen MR) is 93.9 cm³/mol. The van der Waals surface area contributed by atoms with Crippen LogP contribution in [0.2, 0.25) is 0 Å². The van der Waals surface area contributed by atoms with E-state index in [1.807, 2.05) is 30.4 Å². The average molecular weight is 316 g/mol. The highest BCUT2D eigenvalue weighted by molar-refractivity contribution is 7.09. The molecule has 1 aliphatic rings. The highest BCUT2D eigenvalue weighted by atomic mass is 32.1. The lowest BCUT2D eigenvalue weighted by atomic mass is 9.91. The first-order chi connectivity index (χ1) is 10.7. The molecule has 3 nitrogen and oxygen atoms in total. The summed E-state index contributed by atoms with van der Waals surface area (Å²) in [4.78, 5) is 3.88. The molecule has 4 heteroatoms. The number of anilines is 1. The lowest BCUT2D eigenvalue weighted by Crippen LogP contribution is -2.47. The fourth-order valence-corrected chi connectivity index (χ4v) is 4.06. The summed E-state index contributed by atoms with van der Waals surface area (Å²) < 4.78 is 5.52. The van der Waals surface area contributed by atoms with Crippen molar-refractivity contribution in [1.82, 2.24) is 0 Å². The van der Waals surface area contributed by atoms with Crippen LogP contribution in [0.15, 0.2) is 41.8 Å². The van der Waals surface area contributed by atoms with Gasteiger partial charge in [0.05, 0.1) is 6.61 Å². The first-order valence-corrected chi connectivity index (χ1v) is 8.88. The van der Waals surface area contributed by atoms with Crippen molar-refractivity contribution < 1.29 is 4.74 Å². The van der Waals surface area contributed by atoms with Gasteiger partial charge < -0.3 is 15.4 Å².